The number of hydrogen-bond donors (Lipinski definition) is 1. The monoisotopic (exact) mass is 329 g/mol. The van der Waals surface area contributed by atoms with Crippen LogP contribution in [0.1, 0.15) is 5.56 Å². The van der Waals surface area contributed by atoms with Crippen molar-refractivity contribution in [2.24, 2.45) is 0 Å². The van der Waals surface area contributed by atoms with E-state index in [1.54, 1.807) is 0 Å². The van der Waals surface area contributed by atoms with Crippen LogP contribution in [0.15, 0.2) is 30.3 Å². The Morgan fingerprint density at radius 3 is 2.17 bits per heavy atom. The molecular formula is C16H24FNO5. The van der Waals surface area contributed by atoms with Crippen LogP contribution in [0.25, 0.3) is 0 Å². The standard InChI is InChI=1S/C16H24FNO5/c17-6-8-20-10-12-22-13-11-21-9-7-18-16(19)23-14-15-4-2-1-3-5-15/h1-5H,6-14H2,(H,18,19). The molecule has 0 spiro atoms. The number of alkyl carbamates (subject to hydrolysis) is 1. The van der Waals surface area contributed by atoms with E-state index in [1.165, 1.54) is 0 Å². The van der Waals surface area contributed by atoms with Crippen molar-refractivity contribution in [2.45, 2.75) is 6.61 Å². The van der Waals surface area contributed by atoms with Gasteiger partial charge < -0.3 is 24.3 Å². The number of carbonyl (C=O) groups excluding carboxylic acids is 1. The van der Waals surface area contributed by atoms with E-state index in [2.05, 4.69) is 5.32 Å². The lowest BCUT2D eigenvalue weighted by Gasteiger charge is -2.08. The van der Waals surface area contributed by atoms with E-state index in [0.29, 0.717) is 39.6 Å². The number of benzene rings is 1. The Balaban J connectivity index is 1.84. The van der Waals surface area contributed by atoms with E-state index in [-0.39, 0.29) is 13.2 Å². The van der Waals surface area contributed by atoms with Crippen molar-refractivity contribution < 1.29 is 28.1 Å². The minimum absolute atomic E-state index is 0.103. The Labute approximate surface area is 135 Å². The molecule has 130 valence electrons. The number of nitrogens with one attached hydrogen (secondary N) is 1. The maximum absolute atomic E-state index is 11.7. The normalized spacial score (nSPS) is 10.5. The summed E-state index contributed by atoms with van der Waals surface area (Å²) in [5.41, 5.74) is 0.937. The quantitative estimate of drug-likeness (QED) is 0.560. The largest absolute Gasteiger partial charge is 0.445 e. The molecule has 1 aromatic carbocycles. The van der Waals surface area contributed by atoms with E-state index in [0.717, 1.165) is 5.56 Å². The SMILES string of the molecule is O=C(NCCOCCOCCOCCF)OCc1ccccc1. The lowest BCUT2D eigenvalue weighted by molar-refractivity contribution is 0.0128. The molecule has 0 aliphatic carbocycles. The average molecular weight is 329 g/mol. The molecule has 0 aromatic heterocycles. The van der Waals surface area contributed by atoms with Gasteiger partial charge in [-0.2, -0.15) is 0 Å². The third-order valence-corrected chi connectivity index (χ3v) is 2.69. The Hall–Kier alpha value is -1.70. The van der Waals surface area contributed by atoms with Crippen molar-refractivity contribution in [3.8, 4) is 0 Å². The van der Waals surface area contributed by atoms with E-state index in [1.807, 2.05) is 30.3 Å². The van der Waals surface area contributed by atoms with Crippen molar-refractivity contribution in [1.82, 2.24) is 5.32 Å². The lowest BCUT2D eigenvalue weighted by atomic mass is 10.2. The number of carbonyl (C=O) groups is 1. The third-order valence-electron chi connectivity index (χ3n) is 2.69. The van der Waals surface area contributed by atoms with Gasteiger partial charge in [-0.05, 0) is 5.56 Å². The van der Waals surface area contributed by atoms with Gasteiger partial charge in [0.1, 0.15) is 13.3 Å². The fraction of sp³-hybridized carbons (Fsp3) is 0.562. The van der Waals surface area contributed by atoms with E-state index in [9.17, 15) is 9.18 Å². The van der Waals surface area contributed by atoms with Crippen LogP contribution < -0.4 is 5.32 Å². The first kappa shape index (κ1) is 19.3. The number of rotatable bonds is 13. The van der Waals surface area contributed by atoms with Crippen molar-refractivity contribution >= 4 is 6.09 Å². The molecule has 23 heavy (non-hydrogen) atoms. The molecule has 0 saturated heterocycles. The van der Waals surface area contributed by atoms with Gasteiger partial charge in [0.15, 0.2) is 0 Å². The van der Waals surface area contributed by atoms with Crippen LogP contribution in [0.5, 0.6) is 0 Å². The maximum Gasteiger partial charge on any atom is 0.407 e. The minimum atomic E-state index is -0.482. The fourth-order valence-electron chi connectivity index (χ4n) is 1.60. The number of halogens is 1. The molecular weight excluding hydrogens is 305 g/mol. The van der Waals surface area contributed by atoms with Gasteiger partial charge >= 0.3 is 6.09 Å². The van der Waals surface area contributed by atoms with Crippen LogP contribution in [0.3, 0.4) is 0 Å². The summed E-state index contributed by atoms with van der Waals surface area (Å²) in [7, 11) is 0. The summed E-state index contributed by atoms with van der Waals surface area (Å²) in [6.45, 7) is 2.24. The highest BCUT2D eigenvalue weighted by molar-refractivity contribution is 5.67. The molecule has 0 radical (unpaired) electrons. The Bertz CT molecular complexity index is 405. The maximum atomic E-state index is 11.7. The molecule has 1 aromatic rings. The first-order valence-corrected chi connectivity index (χ1v) is 7.56. The van der Waals surface area contributed by atoms with Crippen LogP contribution in [0.4, 0.5) is 9.18 Å². The molecule has 0 fully saturated rings. The van der Waals surface area contributed by atoms with Crippen LogP contribution in [0.2, 0.25) is 0 Å². The van der Waals surface area contributed by atoms with Gasteiger partial charge in [0.05, 0.1) is 39.6 Å². The first-order valence-electron chi connectivity index (χ1n) is 7.56. The van der Waals surface area contributed by atoms with Gasteiger partial charge in [0.25, 0.3) is 0 Å². The summed E-state index contributed by atoms with van der Waals surface area (Å²) in [6.07, 6.45) is -0.473. The smallest absolute Gasteiger partial charge is 0.407 e. The zero-order valence-electron chi connectivity index (χ0n) is 13.2. The summed E-state index contributed by atoms with van der Waals surface area (Å²) in [5, 5.41) is 2.60. The molecule has 1 amide bonds. The summed E-state index contributed by atoms with van der Waals surface area (Å²) in [4.78, 5) is 11.4. The van der Waals surface area contributed by atoms with Crippen LogP contribution >= 0.6 is 0 Å². The molecule has 6 nitrogen and oxygen atoms in total. The summed E-state index contributed by atoms with van der Waals surface area (Å²) in [6, 6.07) is 9.46. The second-order valence-electron chi connectivity index (χ2n) is 4.51. The van der Waals surface area contributed by atoms with Crippen molar-refractivity contribution in [3.05, 3.63) is 35.9 Å². The summed E-state index contributed by atoms with van der Waals surface area (Å²) >= 11 is 0. The molecule has 0 atom stereocenters. The van der Waals surface area contributed by atoms with Crippen LogP contribution in [0, 0.1) is 0 Å². The first-order chi connectivity index (χ1) is 11.3. The molecule has 0 bridgehead atoms. The van der Waals surface area contributed by atoms with Gasteiger partial charge in [0.2, 0.25) is 0 Å². The molecule has 1 N–H and O–H groups in total. The van der Waals surface area contributed by atoms with Crippen molar-refractivity contribution in [1.29, 1.82) is 0 Å². The van der Waals surface area contributed by atoms with Crippen LogP contribution in [-0.2, 0) is 25.6 Å². The van der Waals surface area contributed by atoms with E-state index < -0.39 is 12.8 Å². The van der Waals surface area contributed by atoms with Gasteiger partial charge in [-0.3, -0.25) is 0 Å². The van der Waals surface area contributed by atoms with Crippen molar-refractivity contribution in [2.75, 3.05) is 52.9 Å². The van der Waals surface area contributed by atoms with Gasteiger partial charge in [-0.1, -0.05) is 30.3 Å². The highest BCUT2D eigenvalue weighted by Crippen LogP contribution is 2.00. The molecule has 0 aliphatic rings. The summed E-state index contributed by atoms with van der Waals surface area (Å²) in [5.74, 6) is 0. The average Bonchev–Trinajstić information content (AvgIpc) is 2.59. The van der Waals surface area contributed by atoms with Gasteiger partial charge in [-0.15, -0.1) is 0 Å². The number of ether oxygens (including phenoxy) is 4. The van der Waals surface area contributed by atoms with Gasteiger partial charge in [-0.25, -0.2) is 9.18 Å². The molecule has 7 heteroatoms. The minimum Gasteiger partial charge on any atom is -0.445 e. The molecule has 0 saturated carbocycles. The fourth-order valence-corrected chi connectivity index (χ4v) is 1.60. The highest BCUT2D eigenvalue weighted by Gasteiger charge is 2.01. The molecule has 0 aliphatic heterocycles. The second-order valence-corrected chi connectivity index (χ2v) is 4.51. The Morgan fingerprint density at radius 2 is 1.52 bits per heavy atom. The van der Waals surface area contributed by atoms with Crippen molar-refractivity contribution in [3.63, 3.8) is 0 Å². The number of alkyl halides is 1. The zero-order valence-corrected chi connectivity index (χ0v) is 13.2. The molecule has 0 heterocycles. The Kier molecular flexibility index (Phi) is 11.7. The van der Waals surface area contributed by atoms with Gasteiger partial charge in [0, 0.05) is 6.54 Å². The predicted molar refractivity (Wildman–Crippen MR) is 83.1 cm³/mol. The van der Waals surface area contributed by atoms with E-state index in [4.69, 9.17) is 18.9 Å². The topological polar surface area (TPSA) is 66.0 Å². The second kappa shape index (κ2) is 13.9. The predicted octanol–water partition coefficient (Wildman–Crippen LogP) is 1.93. The Morgan fingerprint density at radius 1 is 0.913 bits per heavy atom. The summed E-state index contributed by atoms with van der Waals surface area (Å²) < 4.78 is 32.2. The number of hydrogen-bond acceptors (Lipinski definition) is 5. The molecule has 1 rings (SSSR count). The highest BCUT2D eigenvalue weighted by atomic mass is 19.1. The number of amides is 1. The van der Waals surface area contributed by atoms with E-state index >= 15 is 0 Å². The molecule has 0 unspecified atom stereocenters. The lowest BCUT2D eigenvalue weighted by Crippen LogP contribution is -2.28. The third kappa shape index (κ3) is 11.5. The van der Waals surface area contributed by atoms with Crippen LogP contribution in [-0.4, -0.2) is 59.0 Å². The zero-order chi connectivity index (χ0) is 16.6.